The molecule has 1 saturated heterocycles. The van der Waals surface area contributed by atoms with E-state index in [-0.39, 0.29) is 0 Å². The summed E-state index contributed by atoms with van der Waals surface area (Å²) < 4.78 is 5.14. The monoisotopic (exact) mass is 256 g/mol. The average Bonchev–Trinajstić information content (AvgIpc) is 2.44. The van der Waals surface area contributed by atoms with Gasteiger partial charge in [0.05, 0.1) is 13.2 Å². The summed E-state index contributed by atoms with van der Waals surface area (Å²) in [5.74, 6) is 1.53. The molecular weight excluding hydrogens is 240 g/mol. The molecule has 0 radical (unpaired) electrons. The second-order valence-electron chi connectivity index (χ2n) is 4.52. The van der Waals surface area contributed by atoms with Crippen molar-refractivity contribution in [1.29, 1.82) is 0 Å². The van der Waals surface area contributed by atoms with Gasteiger partial charge < -0.3 is 15.4 Å². The fourth-order valence-electron chi connectivity index (χ4n) is 1.91. The van der Waals surface area contributed by atoms with Gasteiger partial charge in [-0.1, -0.05) is 12.1 Å². The van der Waals surface area contributed by atoms with Crippen molar-refractivity contribution in [3.8, 4) is 16.9 Å². The van der Waals surface area contributed by atoms with Crippen LogP contribution in [0.4, 0.5) is 5.95 Å². The average molecular weight is 256 g/mol. The highest BCUT2D eigenvalue weighted by Gasteiger charge is 2.16. The Balaban J connectivity index is 1.73. The fraction of sp³-hybridized carbons (Fsp3) is 0.286. The molecule has 0 bridgehead atoms. The van der Waals surface area contributed by atoms with Crippen LogP contribution in [-0.4, -0.2) is 36.2 Å². The molecule has 0 saturated carbocycles. The summed E-state index contributed by atoms with van der Waals surface area (Å²) in [6.45, 7) is 1.95. The van der Waals surface area contributed by atoms with Gasteiger partial charge in [0, 0.05) is 31.0 Å². The number of hydrogen-bond acceptors (Lipinski definition) is 5. The van der Waals surface area contributed by atoms with Crippen molar-refractivity contribution in [2.24, 2.45) is 0 Å². The van der Waals surface area contributed by atoms with Gasteiger partial charge in [0.1, 0.15) is 5.75 Å². The largest absolute Gasteiger partial charge is 0.497 e. The minimum absolute atomic E-state index is 0.451. The van der Waals surface area contributed by atoms with E-state index in [1.807, 2.05) is 36.7 Å². The third-order valence-electron chi connectivity index (χ3n) is 3.19. The van der Waals surface area contributed by atoms with Crippen LogP contribution in [0.1, 0.15) is 0 Å². The maximum atomic E-state index is 5.14. The number of aromatic nitrogens is 2. The third-order valence-corrected chi connectivity index (χ3v) is 3.19. The van der Waals surface area contributed by atoms with Crippen LogP contribution in [0.25, 0.3) is 11.1 Å². The van der Waals surface area contributed by atoms with E-state index >= 15 is 0 Å². The zero-order chi connectivity index (χ0) is 13.1. The zero-order valence-electron chi connectivity index (χ0n) is 10.8. The minimum atomic E-state index is 0.451. The van der Waals surface area contributed by atoms with E-state index < -0.39 is 0 Å². The number of hydrogen-bond donors (Lipinski definition) is 2. The SMILES string of the molecule is COc1ccc(-c2cnc(NC3CNC3)nc2)cc1. The highest BCUT2D eigenvalue weighted by atomic mass is 16.5. The van der Waals surface area contributed by atoms with Crippen molar-refractivity contribution >= 4 is 5.95 Å². The lowest BCUT2D eigenvalue weighted by atomic mass is 10.1. The summed E-state index contributed by atoms with van der Waals surface area (Å²) in [6.07, 6.45) is 3.67. The van der Waals surface area contributed by atoms with Gasteiger partial charge in [-0.3, -0.25) is 0 Å². The minimum Gasteiger partial charge on any atom is -0.497 e. The molecular formula is C14H16N4O. The number of methoxy groups -OCH3 is 1. The van der Waals surface area contributed by atoms with Gasteiger partial charge in [-0.05, 0) is 17.7 Å². The molecule has 98 valence electrons. The Morgan fingerprint density at radius 1 is 1.11 bits per heavy atom. The summed E-state index contributed by atoms with van der Waals surface area (Å²) in [5, 5.41) is 6.47. The highest BCUT2D eigenvalue weighted by Crippen LogP contribution is 2.21. The molecule has 2 N–H and O–H groups in total. The van der Waals surface area contributed by atoms with E-state index in [2.05, 4.69) is 20.6 Å². The number of benzene rings is 1. The fourth-order valence-corrected chi connectivity index (χ4v) is 1.91. The van der Waals surface area contributed by atoms with Gasteiger partial charge in [-0.2, -0.15) is 0 Å². The lowest BCUT2D eigenvalue weighted by molar-refractivity contribution is 0.415. The molecule has 19 heavy (non-hydrogen) atoms. The Labute approximate surface area is 112 Å². The normalized spacial score (nSPS) is 14.8. The molecule has 2 heterocycles. The lowest BCUT2D eigenvalue weighted by Gasteiger charge is -2.27. The van der Waals surface area contributed by atoms with Gasteiger partial charge in [-0.15, -0.1) is 0 Å². The van der Waals surface area contributed by atoms with Crippen molar-refractivity contribution in [2.75, 3.05) is 25.5 Å². The first kappa shape index (κ1) is 11.9. The van der Waals surface area contributed by atoms with Gasteiger partial charge in [0.2, 0.25) is 5.95 Å². The molecule has 5 heteroatoms. The molecule has 1 aliphatic rings. The predicted octanol–water partition coefficient (Wildman–Crippen LogP) is 1.54. The molecule has 2 aromatic rings. The Kier molecular flexibility index (Phi) is 3.29. The summed E-state index contributed by atoms with van der Waals surface area (Å²) in [6, 6.07) is 8.32. The first-order valence-corrected chi connectivity index (χ1v) is 6.29. The van der Waals surface area contributed by atoms with Gasteiger partial charge >= 0.3 is 0 Å². The van der Waals surface area contributed by atoms with E-state index in [1.54, 1.807) is 7.11 Å². The van der Waals surface area contributed by atoms with Crippen molar-refractivity contribution in [3.63, 3.8) is 0 Å². The molecule has 5 nitrogen and oxygen atoms in total. The zero-order valence-corrected chi connectivity index (χ0v) is 10.8. The maximum Gasteiger partial charge on any atom is 0.222 e. The lowest BCUT2D eigenvalue weighted by Crippen LogP contribution is -2.51. The standard InChI is InChI=1S/C14H16N4O/c1-19-13-4-2-10(3-5-13)11-6-16-14(17-7-11)18-12-8-15-9-12/h2-7,12,15H,8-9H2,1H3,(H,16,17,18). The number of rotatable bonds is 4. The smallest absolute Gasteiger partial charge is 0.222 e. The molecule has 0 atom stereocenters. The number of anilines is 1. The summed E-state index contributed by atoms with van der Waals surface area (Å²) in [4.78, 5) is 8.68. The Morgan fingerprint density at radius 2 is 1.79 bits per heavy atom. The third kappa shape index (κ3) is 2.66. The summed E-state index contributed by atoms with van der Waals surface area (Å²) in [7, 11) is 1.66. The number of nitrogens with one attached hydrogen (secondary N) is 2. The van der Waals surface area contributed by atoms with Gasteiger partial charge in [0.15, 0.2) is 0 Å². The molecule has 3 rings (SSSR count). The molecule has 0 amide bonds. The van der Waals surface area contributed by atoms with Crippen molar-refractivity contribution < 1.29 is 4.74 Å². The Morgan fingerprint density at radius 3 is 2.32 bits per heavy atom. The summed E-state index contributed by atoms with van der Waals surface area (Å²) >= 11 is 0. The van der Waals surface area contributed by atoms with E-state index in [0.29, 0.717) is 12.0 Å². The van der Waals surface area contributed by atoms with E-state index in [1.165, 1.54) is 0 Å². The van der Waals surface area contributed by atoms with E-state index in [4.69, 9.17) is 4.74 Å². The highest BCUT2D eigenvalue weighted by molar-refractivity contribution is 5.62. The van der Waals surface area contributed by atoms with E-state index in [0.717, 1.165) is 30.0 Å². The molecule has 0 unspecified atom stereocenters. The van der Waals surface area contributed by atoms with Crippen LogP contribution >= 0.6 is 0 Å². The Hall–Kier alpha value is -2.14. The van der Waals surface area contributed by atoms with Crippen LogP contribution < -0.4 is 15.4 Å². The van der Waals surface area contributed by atoms with Crippen molar-refractivity contribution in [2.45, 2.75) is 6.04 Å². The maximum absolute atomic E-state index is 5.14. The molecule has 1 fully saturated rings. The van der Waals surface area contributed by atoms with Crippen LogP contribution in [0, 0.1) is 0 Å². The summed E-state index contributed by atoms with van der Waals surface area (Å²) in [5.41, 5.74) is 2.08. The second-order valence-corrected chi connectivity index (χ2v) is 4.52. The quantitative estimate of drug-likeness (QED) is 0.869. The molecule has 1 aromatic heterocycles. The molecule has 0 spiro atoms. The van der Waals surface area contributed by atoms with Crippen molar-refractivity contribution in [3.05, 3.63) is 36.7 Å². The van der Waals surface area contributed by atoms with Crippen LogP contribution in [0.3, 0.4) is 0 Å². The Bertz CT molecular complexity index is 534. The van der Waals surface area contributed by atoms with Gasteiger partial charge in [0.25, 0.3) is 0 Å². The molecule has 0 aliphatic carbocycles. The first-order valence-electron chi connectivity index (χ1n) is 6.29. The van der Waals surface area contributed by atoms with Crippen LogP contribution in [0.2, 0.25) is 0 Å². The van der Waals surface area contributed by atoms with Crippen LogP contribution in [0.5, 0.6) is 5.75 Å². The van der Waals surface area contributed by atoms with Crippen LogP contribution in [-0.2, 0) is 0 Å². The predicted molar refractivity (Wildman–Crippen MR) is 74.3 cm³/mol. The van der Waals surface area contributed by atoms with Crippen molar-refractivity contribution in [1.82, 2.24) is 15.3 Å². The van der Waals surface area contributed by atoms with Gasteiger partial charge in [-0.25, -0.2) is 9.97 Å². The molecule has 1 aromatic carbocycles. The topological polar surface area (TPSA) is 59.1 Å². The first-order chi connectivity index (χ1) is 9.35. The molecule has 1 aliphatic heterocycles. The van der Waals surface area contributed by atoms with E-state index in [9.17, 15) is 0 Å². The van der Waals surface area contributed by atoms with Crippen LogP contribution in [0.15, 0.2) is 36.7 Å². The number of nitrogens with zero attached hydrogens (tertiary/aromatic N) is 2. The second kappa shape index (κ2) is 5.24. The number of ether oxygens (including phenoxy) is 1.